The van der Waals surface area contributed by atoms with Gasteiger partial charge in [-0.05, 0) is 81.7 Å². The highest BCUT2D eigenvalue weighted by molar-refractivity contribution is 7.89. The lowest BCUT2D eigenvalue weighted by atomic mass is 9.71. The van der Waals surface area contributed by atoms with Gasteiger partial charge in [0.1, 0.15) is 11.4 Å². The molecular formula is C32H45N3O6S. The van der Waals surface area contributed by atoms with E-state index in [0.717, 1.165) is 37.7 Å². The second kappa shape index (κ2) is 14.9. The van der Waals surface area contributed by atoms with Crippen LogP contribution < -0.4 is 10.1 Å². The smallest absolute Gasteiger partial charge is 0.407 e. The number of hydrogen-bond acceptors (Lipinski definition) is 7. The van der Waals surface area contributed by atoms with Crippen molar-refractivity contribution in [3.63, 3.8) is 0 Å². The van der Waals surface area contributed by atoms with E-state index in [4.69, 9.17) is 9.47 Å². The van der Waals surface area contributed by atoms with Crippen molar-refractivity contribution >= 4 is 16.1 Å². The van der Waals surface area contributed by atoms with E-state index >= 15 is 0 Å². The first-order valence-corrected chi connectivity index (χ1v) is 16.0. The van der Waals surface area contributed by atoms with Gasteiger partial charge in [0, 0.05) is 19.5 Å². The van der Waals surface area contributed by atoms with E-state index in [0.29, 0.717) is 18.6 Å². The van der Waals surface area contributed by atoms with Crippen LogP contribution in [0.3, 0.4) is 0 Å². The zero-order valence-electron chi connectivity index (χ0n) is 25.2. The molecule has 0 saturated heterocycles. The molecule has 0 aromatic heterocycles. The summed E-state index contributed by atoms with van der Waals surface area (Å²) in [5.41, 5.74) is -0.245. The van der Waals surface area contributed by atoms with Crippen LogP contribution in [0.15, 0.2) is 59.5 Å². The molecule has 1 amide bonds. The Hall–Kier alpha value is -3.13. The Morgan fingerprint density at radius 2 is 1.74 bits per heavy atom. The second-order valence-corrected chi connectivity index (χ2v) is 14.1. The highest BCUT2D eigenvalue weighted by atomic mass is 32.2. The van der Waals surface area contributed by atoms with Crippen molar-refractivity contribution in [2.24, 2.45) is 5.41 Å². The van der Waals surface area contributed by atoms with Crippen molar-refractivity contribution in [3.8, 4) is 11.8 Å². The van der Waals surface area contributed by atoms with Gasteiger partial charge in [-0.15, -0.1) is 0 Å². The van der Waals surface area contributed by atoms with Gasteiger partial charge in [-0.25, -0.2) is 13.2 Å². The molecule has 0 aliphatic heterocycles. The molecule has 0 radical (unpaired) electrons. The number of benzene rings is 2. The van der Waals surface area contributed by atoms with Crippen LogP contribution >= 0.6 is 0 Å². The van der Waals surface area contributed by atoms with Crippen LogP contribution in [0.2, 0.25) is 0 Å². The molecule has 1 fully saturated rings. The maximum Gasteiger partial charge on any atom is 0.407 e. The third-order valence-electron chi connectivity index (χ3n) is 7.75. The van der Waals surface area contributed by atoms with E-state index in [2.05, 4.69) is 11.4 Å². The minimum absolute atomic E-state index is 0.0847. The van der Waals surface area contributed by atoms with E-state index in [9.17, 15) is 23.6 Å². The number of nitriles is 1. The Morgan fingerprint density at radius 1 is 1.10 bits per heavy atom. The monoisotopic (exact) mass is 599 g/mol. The molecule has 2 atom stereocenters. The molecule has 2 aromatic rings. The predicted octanol–water partition coefficient (Wildman–Crippen LogP) is 5.44. The van der Waals surface area contributed by atoms with Crippen molar-refractivity contribution in [3.05, 3.63) is 60.2 Å². The van der Waals surface area contributed by atoms with E-state index in [1.54, 1.807) is 32.9 Å². The second-order valence-electron chi connectivity index (χ2n) is 12.2. The van der Waals surface area contributed by atoms with Gasteiger partial charge in [-0.2, -0.15) is 9.57 Å². The first kappa shape index (κ1) is 33.4. The molecule has 2 N–H and O–H groups in total. The zero-order chi connectivity index (χ0) is 30.8. The molecule has 0 heterocycles. The van der Waals surface area contributed by atoms with Gasteiger partial charge in [0.05, 0.1) is 30.2 Å². The van der Waals surface area contributed by atoms with Crippen LogP contribution in [-0.2, 0) is 21.2 Å². The number of nitrogens with zero attached hydrogens (tertiary/aromatic N) is 2. The summed E-state index contributed by atoms with van der Waals surface area (Å²) >= 11 is 0. The molecule has 0 bridgehead atoms. The number of sulfonamides is 1. The summed E-state index contributed by atoms with van der Waals surface area (Å²) in [6.45, 7) is 5.19. The number of carbonyl (C=O) groups excluding carboxylic acids is 1. The van der Waals surface area contributed by atoms with Crippen molar-refractivity contribution in [2.45, 2.75) is 94.8 Å². The van der Waals surface area contributed by atoms with Crippen LogP contribution in [0.25, 0.3) is 0 Å². The van der Waals surface area contributed by atoms with Crippen molar-refractivity contribution in [1.82, 2.24) is 9.62 Å². The number of amides is 1. The van der Waals surface area contributed by atoms with Crippen LogP contribution in [0.5, 0.6) is 5.75 Å². The van der Waals surface area contributed by atoms with E-state index in [-0.39, 0.29) is 29.8 Å². The SMILES string of the molecule is COc1ccc(S(=O)(=O)N(CC(O)[C@H](Cc2ccccc2)NC(=O)OC(C)(C)C)CC2(CCC#N)CCCCC2)cc1. The molecule has 2 aromatic carbocycles. The number of nitrogens with one attached hydrogen (secondary N) is 1. The quantitative estimate of drug-likeness (QED) is 0.314. The Morgan fingerprint density at radius 3 is 2.31 bits per heavy atom. The molecule has 42 heavy (non-hydrogen) atoms. The fourth-order valence-corrected chi connectivity index (χ4v) is 7.15. The minimum atomic E-state index is -4.06. The fraction of sp³-hybridized carbons (Fsp3) is 0.562. The van der Waals surface area contributed by atoms with Crippen LogP contribution in [0.4, 0.5) is 4.79 Å². The molecule has 3 rings (SSSR count). The topological polar surface area (TPSA) is 129 Å². The first-order valence-electron chi connectivity index (χ1n) is 14.6. The molecule has 1 unspecified atom stereocenters. The van der Waals surface area contributed by atoms with Gasteiger partial charge in [-0.3, -0.25) is 0 Å². The fourth-order valence-electron chi connectivity index (χ4n) is 5.57. The summed E-state index contributed by atoms with van der Waals surface area (Å²) in [6, 6.07) is 17.0. The van der Waals surface area contributed by atoms with Crippen molar-refractivity contribution in [2.75, 3.05) is 20.2 Å². The summed E-state index contributed by atoms with van der Waals surface area (Å²) in [5, 5.41) is 23.8. The zero-order valence-corrected chi connectivity index (χ0v) is 26.0. The van der Waals surface area contributed by atoms with E-state index in [1.807, 2.05) is 30.3 Å². The minimum Gasteiger partial charge on any atom is -0.497 e. The number of aliphatic hydroxyl groups is 1. The van der Waals surface area contributed by atoms with Crippen LogP contribution in [0, 0.1) is 16.7 Å². The van der Waals surface area contributed by atoms with Crippen molar-refractivity contribution in [1.29, 1.82) is 5.26 Å². The Bertz CT molecular complexity index is 1280. The number of aliphatic hydroxyl groups excluding tert-OH is 1. The average molecular weight is 600 g/mol. The summed E-state index contributed by atoms with van der Waals surface area (Å²) in [5.74, 6) is 0.530. The molecule has 1 aliphatic rings. The van der Waals surface area contributed by atoms with Crippen LogP contribution in [0.1, 0.15) is 71.3 Å². The number of methoxy groups -OCH3 is 1. The highest BCUT2D eigenvalue weighted by Crippen LogP contribution is 2.42. The van der Waals surface area contributed by atoms with Crippen LogP contribution in [-0.4, -0.2) is 61.9 Å². The molecule has 230 valence electrons. The van der Waals surface area contributed by atoms with Gasteiger partial charge in [0.25, 0.3) is 0 Å². The summed E-state index contributed by atoms with van der Waals surface area (Å²) in [6.07, 6.45) is 3.85. The maximum absolute atomic E-state index is 14.1. The molecular weight excluding hydrogens is 554 g/mol. The van der Waals surface area contributed by atoms with Gasteiger partial charge in [0.15, 0.2) is 0 Å². The number of alkyl carbamates (subject to hydrolysis) is 1. The van der Waals surface area contributed by atoms with E-state index < -0.39 is 33.9 Å². The summed E-state index contributed by atoms with van der Waals surface area (Å²) < 4.78 is 40.3. The Labute approximate surface area is 250 Å². The molecule has 1 saturated carbocycles. The van der Waals surface area contributed by atoms with E-state index in [1.165, 1.54) is 23.5 Å². The first-order chi connectivity index (χ1) is 19.9. The molecule has 10 heteroatoms. The maximum atomic E-state index is 14.1. The number of ether oxygens (including phenoxy) is 2. The average Bonchev–Trinajstić information content (AvgIpc) is 2.95. The largest absolute Gasteiger partial charge is 0.497 e. The predicted molar refractivity (Wildman–Crippen MR) is 161 cm³/mol. The van der Waals surface area contributed by atoms with Gasteiger partial charge in [-0.1, -0.05) is 49.6 Å². The highest BCUT2D eigenvalue weighted by Gasteiger charge is 2.39. The normalized spacial score (nSPS) is 16.7. The third kappa shape index (κ3) is 9.72. The summed E-state index contributed by atoms with van der Waals surface area (Å²) in [4.78, 5) is 12.9. The lowest BCUT2D eigenvalue weighted by molar-refractivity contribution is 0.0376. The van der Waals surface area contributed by atoms with Gasteiger partial charge >= 0.3 is 6.09 Å². The lowest BCUT2D eigenvalue weighted by Gasteiger charge is -2.41. The van der Waals surface area contributed by atoms with Gasteiger partial charge in [0.2, 0.25) is 10.0 Å². The molecule has 9 nitrogen and oxygen atoms in total. The Balaban J connectivity index is 1.97. The molecule has 0 spiro atoms. The lowest BCUT2D eigenvalue weighted by Crippen LogP contribution is -2.53. The molecule has 1 aliphatic carbocycles. The Kier molecular flexibility index (Phi) is 11.8. The number of rotatable bonds is 13. The summed E-state index contributed by atoms with van der Waals surface area (Å²) in [7, 11) is -2.54. The number of carbonyl (C=O) groups is 1. The number of hydrogen-bond donors (Lipinski definition) is 2. The van der Waals surface area contributed by atoms with Crippen molar-refractivity contribution < 1.29 is 27.8 Å². The third-order valence-corrected chi connectivity index (χ3v) is 9.57. The van der Waals surface area contributed by atoms with Gasteiger partial charge < -0.3 is 19.9 Å². The standard InChI is InChI=1S/C32H45N3O6S/c1-31(2,3)41-30(37)34-28(22-25-12-7-5-8-13-25)29(36)23-35(24-32(20-11-21-33)18-9-6-10-19-32)42(38,39)27-16-14-26(40-4)15-17-27/h5,7-8,12-17,28-29,36H,6,9-11,18-20,22-24H2,1-4H3,(H,34,37)/t28-,29?/m0/s1.